The Labute approximate surface area is 68.8 Å². The Morgan fingerprint density at radius 3 is 2.40 bits per heavy atom. The summed E-state index contributed by atoms with van der Waals surface area (Å²) in [4.78, 5) is 0. The van der Waals surface area contributed by atoms with Crippen LogP contribution in [0.1, 0.15) is 33.1 Å². The first kappa shape index (κ1) is 8.45. The third kappa shape index (κ3) is 1.91. The number of rotatable bonds is 1. The smallest absolute Gasteiger partial charge is 0.00724 e. The maximum Gasteiger partial charge on any atom is 0.00724 e. The summed E-state index contributed by atoms with van der Waals surface area (Å²) in [6, 6.07) is 0. The molecule has 0 saturated heterocycles. The van der Waals surface area contributed by atoms with E-state index in [4.69, 9.17) is 0 Å². The maximum atomic E-state index is 2.40. The lowest BCUT2D eigenvalue weighted by Gasteiger charge is -2.31. The van der Waals surface area contributed by atoms with Crippen molar-refractivity contribution in [1.82, 2.24) is 0 Å². The summed E-state index contributed by atoms with van der Waals surface area (Å²) in [5.41, 5.74) is 0. The molecule has 1 fully saturated rings. The molecule has 0 bridgehead atoms. The molecule has 60 valence electrons. The van der Waals surface area contributed by atoms with E-state index >= 15 is 0 Å². The quantitative estimate of drug-likeness (QED) is 0.565. The normalized spacial score (nSPS) is 41.7. The summed E-state index contributed by atoms with van der Waals surface area (Å²) >= 11 is 2.06. The summed E-state index contributed by atoms with van der Waals surface area (Å²) in [7, 11) is 0. The zero-order chi connectivity index (χ0) is 7.56. The molecular weight excluding hydrogens is 140 g/mol. The zero-order valence-corrected chi connectivity index (χ0v) is 8.08. The summed E-state index contributed by atoms with van der Waals surface area (Å²) in [6.07, 6.45) is 6.60. The minimum Gasteiger partial charge on any atom is -0.162 e. The van der Waals surface area contributed by atoms with Gasteiger partial charge in [-0.15, -0.1) is 0 Å². The van der Waals surface area contributed by atoms with Gasteiger partial charge in [0, 0.05) is 5.25 Å². The van der Waals surface area contributed by atoms with Gasteiger partial charge >= 0.3 is 0 Å². The van der Waals surface area contributed by atoms with Crippen molar-refractivity contribution in [3.8, 4) is 0 Å². The van der Waals surface area contributed by atoms with Gasteiger partial charge in [-0.1, -0.05) is 20.3 Å². The molecule has 1 aliphatic carbocycles. The summed E-state index contributed by atoms with van der Waals surface area (Å²) in [6.45, 7) is 4.78. The SMILES string of the molecule is CS[C@H]1CC(C)CCC1C. The molecule has 0 nitrogen and oxygen atoms in total. The van der Waals surface area contributed by atoms with Gasteiger partial charge < -0.3 is 0 Å². The second-order valence-electron chi connectivity index (χ2n) is 3.67. The Kier molecular flexibility index (Phi) is 3.09. The highest BCUT2D eigenvalue weighted by atomic mass is 32.2. The zero-order valence-electron chi connectivity index (χ0n) is 7.26. The van der Waals surface area contributed by atoms with E-state index in [9.17, 15) is 0 Å². The first-order valence-electron chi connectivity index (χ1n) is 4.26. The van der Waals surface area contributed by atoms with E-state index < -0.39 is 0 Å². The first-order chi connectivity index (χ1) is 4.74. The Bertz CT molecular complexity index is 101. The van der Waals surface area contributed by atoms with Crippen molar-refractivity contribution in [3.63, 3.8) is 0 Å². The molecule has 3 atom stereocenters. The molecule has 0 N–H and O–H groups in total. The van der Waals surface area contributed by atoms with Gasteiger partial charge in [-0.2, -0.15) is 11.8 Å². The Morgan fingerprint density at radius 2 is 1.90 bits per heavy atom. The van der Waals surface area contributed by atoms with Gasteiger partial charge in [-0.25, -0.2) is 0 Å². The monoisotopic (exact) mass is 158 g/mol. The van der Waals surface area contributed by atoms with Crippen LogP contribution in [0, 0.1) is 11.8 Å². The van der Waals surface area contributed by atoms with Crippen LogP contribution in [-0.2, 0) is 0 Å². The number of thioether (sulfide) groups is 1. The van der Waals surface area contributed by atoms with Crippen LogP contribution in [0.5, 0.6) is 0 Å². The third-order valence-electron chi connectivity index (χ3n) is 2.69. The standard InChI is InChI=1S/C9H18S/c1-7-4-5-8(2)9(6-7)10-3/h7-9H,4-6H2,1-3H3/t7?,8?,9-/m0/s1. The number of hydrogen-bond donors (Lipinski definition) is 0. The fourth-order valence-electron chi connectivity index (χ4n) is 1.81. The molecule has 2 unspecified atom stereocenters. The van der Waals surface area contributed by atoms with E-state index in [0.717, 1.165) is 17.1 Å². The van der Waals surface area contributed by atoms with E-state index in [1.165, 1.54) is 19.3 Å². The molecule has 0 amide bonds. The van der Waals surface area contributed by atoms with E-state index in [2.05, 4.69) is 31.9 Å². The van der Waals surface area contributed by atoms with Crippen molar-refractivity contribution in [2.75, 3.05) is 6.26 Å². The van der Waals surface area contributed by atoms with Crippen LogP contribution >= 0.6 is 11.8 Å². The molecule has 0 aromatic carbocycles. The lowest BCUT2D eigenvalue weighted by molar-refractivity contribution is 0.318. The Hall–Kier alpha value is 0.350. The topological polar surface area (TPSA) is 0 Å². The first-order valence-corrected chi connectivity index (χ1v) is 5.55. The van der Waals surface area contributed by atoms with Crippen LogP contribution in [0.15, 0.2) is 0 Å². The lowest BCUT2D eigenvalue weighted by Crippen LogP contribution is -2.23. The molecule has 0 aliphatic heterocycles. The van der Waals surface area contributed by atoms with E-state index in [1.54, 1.807) is 0 Å². The van der Waals surface area contributed by atoms with Crippen molar-refractivity contribution in [2.45, 2.75) is 38.4 Å². The predicted molar refractivity (Wildman–Crippen MR) is 49.5 cm³/mol. The van der Waals surface area contributed by atoms with Gasteiger partial charge in [-0.05, 0) is 30.9 Å². The Morgan fingerprint density at radius 1 is 1.20 bits per heavy atom. The predicted octanol–water partition coefficient (Wildman–Crippen LogP) is 3.17. The highest BCUT2D eigenvalue weighted by Crippen LogP contribution is 2.34. The molecule has 0 radical (unpaired) electrons. The van der Waals surface area contributed by atoms with Crippen LogP contribution < -0.4 is 0 Å². The fraction of sp³-hybridized carbons (Fsp3) is 1.00. The van der Waals surface area contributed by atoms with Crippen molar-refractivity contribution in [2.24, 2.45) is 11.8 Å². The van der Waals surface area contributed by atoms with Gasteiger partial charge in [0.2, 0.25) is 0 Å². The van der Waals surface area contributed by atoms with Gasteiger partial charge in [0.1, 0.15) is 0 Å². The molecular formula is C9H18S. The fourth-order valence-corrected chi connectivity index (χ4v) is 2.93. The maximum absolute atomic E-state index is 2.40. The summed E-state index contributed by atoms with van der Waals surface area (Å²) in [5, 5.41) is 0.948. The molecule has 1 rings (SSSR count). The van der Waals surface area contributed by atoms with E-state index in [-0.39, 0.29) is 0 Å². The molecule has 1 saturated carbocycles. The highest BCUT2D eigenvalue weighted by molar-refractivity contribution is 7.99. The molecule has 0 aromatic heterocycles. The second kappa shape index (κ2) is 3.66. The molecule has 0 heterocycles. The van der Waals surface area contributed by atoms with E-state index in [1.807, 2.05) is 0 Å². The molecule has 1 heteroatoms. The van der Waals surface area contributed by atoms with Crippen molar-refractivity contribution in [3.05, 3.63) is 0 Å². The van der Waals surface area contributed by atoms with Crippen LogP contribution in [0.3, 0.4) is 0 Å². The van der Waals surface area contributed by atoms with Crippen LogP contribution in [-0.4, -0.2) is 11.5 Å². The van der Waals surface area contributed by atoms with Crippen LogP contribution in [0.2, 0.25) is 0 Å². The van der Waals surface area contributed by atoms with Crippen molar-refractivity contribution in [1.29, 1.82) is 0 Å². The van der Waals surface area contributed by atoms with Crippen molar-refractivity contribution >= 4 is 11.8 Å². The Balaban J connectivity index is 2.38. The van der Waals surface area contributed by atoms with Crippen molar-refractivity contribution < 1.29 is 0 Å². The molecule has 0 aromatic rings. The van der Waals surface area contributed by atoms with Gasteiger partial charge in [0.25, 0.3) is 0 Å². The largest absolute Gasteiger partial charge is 0.162 e. The van der Waals surface area contributed by atoms with Crippen LogP contribution in [0.4, 0.5) is 0 Å². The minimum atomic E-state index is 0.948. The minimum absolute atomic E-state index is 0.948. The lowest BCUT2D eigenvalue weighted by atomic mass is 9.84. The van der Waals surface area contributed by atoms with Crippen LogP contribution in [0.25, 0.3) is 0 Å². The van der Waals surface area contributed by atoms with Gasteiger partial charge in [0.05, 0.1) is 0 Å². The second-order valence-corrected chi connectivity index (χ2v) is 4.75. The third-order valence-corrected chi connectivity index (χ3v) is 3.95. The van der Waals surface area contributed by atoms with Gasteiger partial charge in [-0.3, -0.25) is 0 Å². The van der Waals surface area contributed by atoms with Gasteiger partial charge in [0.15, 0.2) is 0 Å². The van der Waals surface area contributed by atoms with E-state index in [0.29, 0.717) is 0 Å². The molecule has 0 spiro atoms. The number of hydrogen-bond acceptors (Lipinski definition) is 1. The average Bonchev–Trinajstić information content (AvgIpc) is 1.94. The highest BCUT2D eigenvalue weighted by Gasteiger charge is 2.23. The average molecular weight is 158 g/mol. The summed E-state index contributed by atoms with van der Waals surface area (Å²) < 4.78 is 0. The molecule has 10 heavy (non-hydrogen) atoms. The summed E-state index contributed by atoms with van der Waals surface area (Å²) in [5.74, 6) is 1.94. The molecule has 1 aliphatic rings.